The number of nitrogens with zero attached hydrogens (tertiary/aromatic N) is 4. The van der Waals surface area contributed by atoms with Crippen molar-refractivity contribution >= 4 is 17.8 Å². The highest BCUT2D eigenvalue weighted by Gasteiger charge is 2.33. The summed E-state index contributed by atoms with van der Waals surface area (Å²) in [6, 6.07) is 2.19. The molecule has 8 heteroatoms. The topological polar surface area (TPSA) is 81.9 Å². The number of anilines is 1. The van der Waals surface area contributed by atoms with Crippen LogP contribution in [-0.2, 0) is 4.79 Å². The molecule has 1 aromatic rings. The van der Waals surface area contributed by atoms with E-state index in [0.29, 0.717) is 18.5 Å². The number of rotatable bonds is 5. The zero-order valence-corrected chi connectivity index (χ0v) is 15.2. The molecule has 0 saturated carbocycles. The first-order chi connectivity index (χ1) is 11.9. The van der Waals surface area contributed by atoms with Crippen molar-refractivity contribution in [1.29, 1.82) is 0 Å². The second-order valence-electron chi connectivity index (χ2n) is 7.22. The number of likely N-dealkylation sites (N-methyl/N-ethyl adjacent to an activating group) is 1. The Kier molecular flexibility index (Phi) is 5.27. The highest BCUT2D eigenvalue weighted by molar-refractivity contribution is 5.91. The van der Waals surface area contributed by atoms with Gasteiger partial charge in [0.15, 0.2) is 0 Å². The van der Waals surface area contributed by atoms with Gasteiger partial charge in [-0.1, -0.05) is 19.0 Å². The third-order valence-electron chi connectivity index (χ3n) is 5.00. The smallest absolute Gasteiger partial charge is 0.320 e. The van der Waals surface area contributed by atoms with E-state index in [9.17, 15) is 9.59 Å². The summed E-state index contributed by atoms with van der Waals surface area (Å²) in [6.07, 6.45) is 1.82. The Morgan fingerprint density at radius 2 is 2.04 bits per heavy atom. The minimum absolute atomic E-state index is 0.0955. The largest absolute Gasteiger partial charge is 0.338 e. The summed E-state index contributed by atoms with van der Waals surface area (Å²) in [5.74, 6) is 0.567. The van der Waals surface area contributed by atoms with Gasteiger partial charge in [0.05, 0.1) is 12.2 Å². The van der Waals surface area contributed by atoms with Crippen molar-refractivity contribution in [2.45, 2.75) is 38.6 Å². The van der Waals surface area contributed by atoms with Gasteiger partial charge in [-0.2, -0.15) is 0 Å². The zero-order chi connectivity index (χ0) is 18.0. The maximum Gasteiger partial charge on any atom is 0.320 e. The SMILES string of the molecule is CC(C)c1cc(NC(=O)CN2CCC(N3CCN(C)C3=O)CC2)on1. The monoisotopic (exact) mass is 349 g/mol. The van der Waals surface area contributed by atoms with E-state index in [-0.39, 0.29) is 17.9 Å². The van der Waals surface area contributed by atoms with E-state index < -0.39 is 0 Å². The molecule has 25 heavy (non-hydrogen) atoms. The molecule has 1 aromatic heterocycles. The van der Waals surface area contributed by atoms with Crippen molar-refractivity contribution in [2.75, 3.05) is 45.1 Å². The summed E-state index contributed by atoms with van der Waals surface area (Å²) < 4.78 is 5.14. The second kappa shape index (κ2) is 7.43. The fourth-order valence-electron chi connectivity index (χ4n) is 3.40. The minimum Gasteiger partial charge on any atom is -0.338 e. The second-order valence-corrected chi connectivity index (χ2v) is 7.22. The molecule has 0 radical (unpaired) electrons. The summed E-state index contributed by atoms with van der Waals surface area (Å²) in [7, 11) is 1.84. The molecule has 2 aliphatic rings. The van der Waals surface area contributed by atoms with Crippen LogP contribution in [0.4, 0.5) is 10.7 Å². The van der Waals surface area contributed by atoms with Crippen LogP contribution in [0.1, 0.15) is 38.3 Å². The van der Waals surface area contributed by atoms with Crippen LogP contribution in [0.5, 0.6) is 0 Å². The van der Waals surface area contributed by atoms with Gasteiger partial charge < -0.3 is 14.3 Å². The van der Waals surface area contributed by atoms with Crippen LogP contribution < -0.4 is 5.32 Å². The molecule has 3 heterocycles. The Hall–Kier alpha value is -2.09. The Morgan fingerprint density at radius 1 is 1.32 bits per heavy atom. The zero-order valence-electron chi connectivity index (χ0n) is 15.2. The molecule has 0 bridgehead atoms. The summed E-state index contributed by atoms with van der Waals surface area (Å²) in [5.41, 5.74) is 0.830. The average Bonchev–Trinajstić information content (AvgIpc) is 3.16. The van der Waals surface area contributed by atoms with Gasteiger partial charge in [-0.25, -0.2) is 4.79 Å². The molecule has 2 aliphatic heterocycles. The lowest BCUT2D eigenvalue weighted by Gasteiger charge is -2.36. The van der Waals surface area contributed by atoms with Crippen molar-refractivity contribution < 1.29 is 14.1 Å². The highest BCUT2D eigenvalue weighted by Crippen LogP contribution is 2.21. The van der Waals surface area contributed by atoms with E-state index >= 15 is 0 Å². The van der Waals surface area contributed by atoms with Gasteiger partial charge in [-0.3, -0.25) is 15.0 Å². The number of carbonyl (C=O) groups excluding carboxylic acids is 2. The van der Waals surface area contributed by atoms with Crippen molar-refractivity contribution in [2.24, 2.45) is 0 Å². The van der Waals surface area contributed by atoms with Crippen molar-refractivity contribution in [1.82, 2.24) is 19.9 Å². The van der Waals surface area contributed by atoms with E-state index in [0.717, 1.165) is 44.7 Å². The van der Waals surface area contributed by atoms with Crippen LogP contribution in [0, 0.1) is 0 Å². The van der Waals surface area contributed by atoms with Gasteiger partial charge in [0, 0.05) is 45.3 Å². The van der Waals surface area contributed by atoms with Crippen LogP contribution in [-0.4, -0.2) is 77.6 Å². The molecule has 3 amide bonds. The number of carbonyl (C=O) groups is 2. The van der Waals surface area contributed by atoms with Gasteiger partial charge in [0.1, 0.15) is 0 Å². The maximum absolute atomic E-state index is 12.2. The fourth-order valence-corrected chi connectivity index (χ4v) is 3.40. The van der Waals surface area contributed by atoms with Gasteiger partial charge in [0.2, 0.25) is 11.8 Å². The molecule has 0 aromatic carbocycles. The summed E-state index contributed by atoms with van der Waals surface area (Å²) in [4.78, 5) is 30.1. The third-order valence-corrected chi connectivity index (χ3v) is 5.00. The number of amides is 3. The standard InChI is InChI=1S/C17H27N5O3/c1-12(2)14-10-16(25-19-14)18-15(23)11-21-6-4-13(5-7-21)22-9-8-20(3)17(22)24/h10,12-13H,4-9,11H2,1-3H3,(H,18,23). The first-order valence-corrected chi connectivity index (χ1v) is 8.94. The molecule has 2 saturated heterocycles. The number of likely N-dealkylation sites (tertiary alicyclic amines) is 1. The molecule has 2 fully saturated rings. The van der Waals surface area contributed by atoms with Crippen molar-refractivity contribution in [3.63, 3.8) is 0 Å². The van der Waals surface area contributed by atoms with Crippen LogP contribution in [0.15, 0.2) is 10.6 Å². The molecular weight excluding hydrogens is 322 g/mol. The molecule has 3 rings (SSSR count). The lowest BCUT2D eigenvalue weighted by Crippen LogP contribution is -2.47. The number of hydrogen-bond acceptors (Lipinski definition) is 5. The van der Waals surface area contributed by atoms with Crippen LogP contribution in [0.25, 0.3) is 0 Å². The molecule has 0 aliphatic carbocycles. The Bertz CT molecular complexity index is 622. The molecule has 0 unspecified atom stereocenters. The average molecular weight is 349 g/mol. The summed E-state index contributed by atoms with van der Waals surface area (Å²) in [6.45, 7) is 7.63. The Labute approximate surface area is 148 Å². The lowest BCUT2D eigenvalue weighted by atomic mass is 10.0. The molecule has 0 atom stereocenters. The van der Waals surface area contributed by atoms with E-state index in [1.165, 1.54) is 0 Å². The lowest BCUT2D eigenvalue weighted by molar-refractivity contribution is -0.117. The number of piperidine rings is 1. The number of nitrogens with one attached hydrogen (secondary N) is 1. The normalized spacial score (nSPS) is 19.9. The third kappa shape index (κ3) is 4.12. The summed E-state index contributed by atoms with van der Waals surface area (Å²) in [5, 5.41) is 6.70. The Morgan fingerprint density at radius 3 is 2.60 bits per heavy atom. The molecule has 138 valence electrons. The highest BCUT2D eigenvalue weighted by atomic mass is 16.5. The number of aromatic nitrogens is 1. The molecule has 8 nitrogen and oxygen atoms in total. The minimum atomic E-state index is -0.0955. The maximum atomic E-state index is 12.2. The van der Waals surface area contributed by atoms with E-state index in [1.807, 2.05) is 25.8 Å². The van der Waals surface area contributed by atoms with Gasteiger partial charge >= 0.3 is 6.03 Å². The van der Waals surface area contributed by atoms with Gasteiger partial charge in [-0.15, -0.1) is 0 Å². The van der Waals surface area contributed by atoms with Crippen LogP contribution in [0.3, 0.4) is 0 Å². The quantitative estimate of drug-likeness (QED) is 0.872. The molecular formula is C17H27N5O3. The van der Waals surface area contributed by atoms with E-state index in [4.69, 9.17) is 4.52 Å². The predicted molar refractivity (Wildman–Crippen MR) is 93.4 cm³/mol. The van der Waals surface area contributed by atoms with Gasteiger partial charge in [-0.05, 0) is 18.8 Å². The first kappa shape index (κ1) is 17.7. The molecule has 0 spiro atoms. The first-order valence-electron chi connectivity index (χ1n) is 8.94. The predicted octanol–water partition coefficient (Wildman–Crippen LogP) is 1.57. The van der Waals surface area contributed by atoms with Gasteiger partial charge in [0.25, 0.3) is 0 Å². The van der Waals surface area contributed by atoms with Crippen molar-refractivity contribution in [3.05, 3.63) is 11.8 Å². The number of hydrogen-bond donors (Lipinski definition) is 1. The van der Waals surface area contributed by atoms with E-state index in [1.54, 1.807) is 11.0 Å². The van der Waals surface area contributed by atoms with Crippen LogP contribution in [0.2, 0.25) is 0 Å². The van der Waals surface area contributed by atoms with E-state index in [2.05, 4.69) is 15.4 Å². The van der Waals surface area contributed by atoms with Crippen molar-refractivity contribution in [3.8, 4) is 0 Å². The molecule has 1 N–H and O–H groups in total. The fraction of sp³-hybridized carbons (Fsp3) is 0.706. The Balaban J connectivity index is 1.44. The number of urea groups is 1. The summed E-state index contributed by atoms with van der Waals surface area (Å²) >= 11 is 0. The van der Waals surface area contributed by atoms with Crippen LogP contribution >= 0.6 is 0 Å².